The molecule has 1 fully saturated rings. The van der Waals surface area contributed by atoms with Crippen LogP contribution in [0.1, 0.15) is 6.92 Å². The maximum absolute atomic E-state index is 12.3. The monoisotopic (exact) mass is 244 g/mol. The van der Waals surface area contributed by atoms with Crippen LogP contribution in [0.25, 0.3) is 0 Å². The minimum atomic E-state index is -3.38. The molecule has 0 atom stereocenters. The average molecular weight is 244 g/mol. The van der Waals surface area contributed by atoms with Crippen LogP contribution in [-0.2, 0) is 17.1 Å². The van der Waals surface area contributed by atoms with Crippen molar-refractivity contribution in [3.8, 4) is 0 Å². The van der Waals surface area contributed by atoms with Crippen LogP contribution >= 0.6 is 0 Å². The molecule has 2 heterocycles. The molecule has 1 N–H and O–H groups in total. The average Bonchev–Trinajstić information content (AvgIpc) is 2.58. The minimum absolute atomic E-state index is 0.0789. The standard InChI is InChI=1S/C9H16N4O2S/c1-3-13(8-4-10-5-8)16(14,15)9-6-11-12(2)7-9/h6-8,10H,3-5H2,1-2H3. The molecule has 0 saturated carbocycles. The SMILES string of the molecule is CCN(C1CNC1)S(=O)(=O)c1cnn(C)c1. The summed E-state index contributed by atoms with van der Waals surface area (Å²) in [5.41, 5.74) is 0. The van der Waals surface area contributed by atoms with Gasteiger partial charge in [0.15, 0.2) is 0 Å². The van der Waals surface area contributed by atoms with Gasteiger partial charge in [-0.15, -0.1) is 0 Å². The lowest BCUT2D eigenvalue weighted by atomic mass is 10.2. The Bertz CT molecular complexity index is 464. The van der Waals surface area contributed by atoms with E-state index in [4.69, 9.17) is 0 Å². The van der Waals surface area contributed by atoms with Crippen LogP contribution in [0.4, 0.5) is 0 Å². The highest BCUT2D eigenvalue weighted by Crippen LogP contribution is 2.18. The number of sulfonamides is 1. The van der Waals surface area contributed by atoms with Crippen LogP contribution < -0.4 is 5.32 Å². The van der Waals surface area contributed by atoms with E-state index >= 15 is 0 Å². The number of aromatic nitrogens is 2. The highest BCUT2D eigenvalue weighted by Gasteiger charge is 2.34. The van der Waals surface area contributed by atoms with Crippen LogP contribution in [0.5, 0.6) is 0 Å². The molecule has 7 heteroatoms. The van der Waals surface area contributed by atoms with Gasteiger partial charge in [0.2, 0.25) is 10.0 Å². The number of likely N-dealkylation sites (N-methyl/N-ethyl adjacent to an activating group) is 1. The van der Waals surface area contributed by atoms with Crippen molar-refractivity contribution in [3.05, 3.63) is 12.4 Å². The van der Waals surface area contributed by atoms with Gasteiger partial charge in [-0.05, 0) is 0 Å². The molecule has 0 aliphatic carbocycles. The van der Waals surface area contributed by atoms with Gasteiger partial charge in [-0.25, -0.2) is 8.42 Å². The quantitative estimate of drug-likeness (QED) is 0.768. The molecule has 1 aliphatic rings. The number of rotatable bonds is 4. The third kappa shape index (κ3) is 1.85. The summed E-state index contributed by atoms with van der Waals surface area (Å²) in [6.45, 7) is 3.80. The smallest absolute Gasteiger partial charge is 0.246 e. The molecule has 16 heavy (non-hydrogen) atoms. The molecular formula is C9H16N4O2S. The molecule has 2 rings (SSSR count). The zero-order valence-electron chi connectivity index (χ0n) is 9.42. The third-order valence-electron chi connectivity index (χ3n) is 2.77. The second kappa shape index (κ2) is 4.15. The zero-order chi connectivity index (χ0) is 11.8. The van der Waals surface area contributed by atoms with Gasteiger partial charge in [-0.3, -0.25) is 4.68 Å². The Hall–Kier alpha value is -0.920. The van der Waals surface area contributed by atoms with Crippen LogP contribution in [0.2, 0.25) is 0 Å². The fourth-order valence-corrected chi connectivity index (χ4v) is 3.39. The van der Waals surface area contributed by atoms with Crippen molar-refractivity contribution in [3.63, 3.8) is 0 Å². The van der Waals surface area contributed by atoms with Crippen molar-refractivity contribution in [1.82, 2.24) is 19.4 Å². The van der Waals surface area contributed by atoms with E-state index in [1.807, 2.05) is 6.92 Å². The van der Waals surface area contributed by atoms with E-state index < -0.39 is 10.0 Å². The molecule has 0 bridgehead atoms. The zero-order valence-corrected chi connectivity index (χ0v) is 10.2. The molecule has 1 aliphatic heterocycles. The maximum atomic E-state index is 12.3. The summed E-state index contributed by atoms with van der Waals surface area (Å²) < 4.78 is 27.5. The first-order chi connectivity index (χ1) is 7.55. The van der Waals surface area contributed by atoms with Crippen molar-refractivity contribution < 1.29 is 8.42 Å². The fourth-order valence-electron chi connectivity index (χ4n) is 1.77. The summed E-state index contributed by atoms with van der Waals surface area (Å²) in [5.74, 6) is 0. The lowest BCUT2D eigenvalue weighted by Crippen LogP contribution is -2.58. The van der Waals surface area contributed by atoms with Gasteiger partial charge in [0.05, 0.1) is 12.2 Å². The van der Waals surface area contributed by atoms with Crippen molar-refractivity contribution >= 4 is 10.0 Å². The second-order valence-electron chi connectivity index (χ2n) is 3.87. The van der Waals surface area contributed by atoms with Crippen molar-refractivity contribution in [2.45, 2.75) is 17.9 Å². The van der Waals surface area contributed by atoms with Crippen molar-refractivity contribution in [2.24, 2.45) is 7.05 Å². The van der Waals surface area contributed by atoms with Gasteiger partial charge in [0.1, 0.15) is 4.90 Å². The van der Waals surface area contributed by atoms with Crippen LogP contribution in [-0.4, -0.2) is 48.2 Å². The molecule has 6 nitrogen and oxygen atoms in total. The Kier molecular flexibility index (Phi) is 3.00. The number of nitrogens with one attached hydrogen (secondary N) is 1. The topological polar surface area (TPSA) is 67.2 Å². The van der Waals surface area contributed by atoms with E-state index in [-0.39, 0.29) is 10.9 Å². The molecular weight excluding hydrogens is 228 g/mol. The van der Waals surface area contributed by atoms with Gasteiger partial charge >= 0.3 is 0 Å². The molecule has 0 unspecified atom stereocenters. The Morgan fingerprint density at radius 3 is 2.69 bits per heavy atom. The maximum Gasteiger partial charge on any atom is 0.246 e. The lowest BCUT2D eigenvalue weighted by molar-refractivity contribution is 0.249. The van der Waals surface area contributed by atoms with E-state index in [2.05, 4.69) is 10.4 Å². The Labute approximate surface area is 95.3 Å². The van der Waals surface area contributed by atoms with Crippen molar-refractivity contribution in [2.75, 3.05) is 19.6 Å². The number of hydrogen-bond acceptors (Lipinski definition) is 4. The summed E-state index contributed by atoms with van der Waals surface area (Å²) in [5, 5.41) is 6.98. The molecule has 0 amide bonds. The van der Waals surface area contributed by atoms with Gasteiger partial charge in [-0.1, -0.05) is 6.92 Å². The van der Waals surface area contributed by atoms with E-state index in [1.165, 1.54) is 21.4 Å². The first-order valence-electron chi connectivity index (χ1n) is 5.27. The molecule has 1 aromatic rings. The summed E-state index contributed by atoms with van der Waals surface area (Å²) in [7, 11) is -1.67. The Morgan fingerprint density at radius 1 is 1.62 bits per heavy atom. The van der Waals surface area contributed by atoms with Crippen LogP contribution in [0.3, 0.4) is 0 Å². The predicted octanol–water partition coefficient (Wildman–Crippen LogP) is -0.597. The largest absolute Gasteiger partial charge is 0.313 e. The molecule has 1 saturated heterocycles. The van der Waals surface area contributed by atoms with Gasteiger partial charge in [0.25, 0.3) is 0 Å². The van der Waals surface area contributed by atoms with Gasteiger partial charge in [0, 0.05) is 32.9 Å². The first kappa shape index (κ1) is 11.6. The van der Waals surface area contributed by atoms with E-state index in [9.17, 15) is 8.42 Å². The number of hydrogen-bond donors (Lipinski definition) is 1. The molecule has 0 aromatic carbocycles. The third-order valence-corrected chi connectivity index (χ3v) is 4.75. The fraction of sp³-hybridized carbons (Fsp3) is 0.667. The molecule has 0 spiro atoms. The Morgan fingerprint density at radius 2 is 2.31 bits per heavy atom. The van der Waals surface area contributed by atoms with Crippen LogP contribution in [0.15, 0.2) is 17.3 Å². The van der Waals surface area contributed by atoms with E-state index in [0.717, 1.165) is 13.1 Å². The van der Waals surface area contributed by atoms with Gasteiger partial charge in [-0.2, -0.15) is 9.40 Å². The number of aryl methyl sites for hydroxylation is 1. The van der Waals surface area contributed by atoms with Gasteiger partial charge < -0.3 is 5.32 Å². The van der Waals surface area contributed by atoms with E-state index in [1.54, 1.807) is 7.05 Å². The normalized spacial score (nSPS) is 17.7. The molecule has 90 valence electrons. The lowest BCUT2D eigenvalue weighted by Gasteiger charge is -2.36. The second-order valence-corrected chi connectivity index (χ2v) is 5.76. The summed E-state index contributed by atoms with van der Waals surface area (Å²) in [6, 6.07) is 0.0789. The summed E-state index contributed by atoms with van der Waals surface area (Å²) in [4.78, 5) is 0.267. The molecule has 1 aromatic heterocycles. The van der Waals surface area contributed by atoms with Crippen molar-refractivity contribution in [1.29, 1.82) is 0 Å². The highest BCUT2D eigenvalue weighted by molar-refractivity contribution is 7.89. The summed E-state index contributed by atoms with van der Waals surface area (Å²) in [6.07, 6.45) is 2.92. The summed E-state index contributed by atoms with van der Waals surface area (Å²) >= 11 is 0. The minimum Gasteiger partial charge on any atom is -0.313 e. The van der Waals surface area contributed by atoms with Crippen LogP contribution in [0, 0.1) is 0 Å². The van der Waals surface area contributed by atoms with E-state index in [0.29, 0.717) is 6.54 Å². The highest BCUT2D eigenvalue weighted by atomic mass is 32.2. The first-order valence-corrected chi connectivity index (χ1v) is 6.71. The molecule has 0 radical (unpaired) electrons. The predicted molar refractivity (Wildman–Crippen MR) is 59.4 cm³/mol. The Balaban J connectivity index is 2.29. The number of nitrogens with zero attached hydrogens (tertiary/aromatic N) is 3.